The predicted molar refractivity (Wildman–Crippen MR) is 149 cm³/mol. The maximum atomic E-state index is 13.4. The molecule has 1 saturated heterocycles. The lowest BCUT2D eigenvalue weighted by molar-refractivity contribution is -0.130. The molecule has 0 bridgehead atoms. The number of likely N-dealkylation sites (tertiary alicyclic amines) is 1. The molecule has 0 aromatic heterocycles. The lowest BCUT2D eigenvalue weighted by Crippen LogP contribution is -2.49. The molecule has 2 atom stereocenters. The van der Waals surface area contributed by atoms with Crippen LogP contribution in [-0.2, 0) is 22.6 Å². The van der Waals surface area contributed by atoms with Gasteiger partial charge in [0, 0.05) is 31.9 Å². The lowest BCUT2D eigenvalue weighted by Gasteiger charge is -2.36. The van der Waals surface area contributed by atoms with E-state index in [1.807, 2.05) is 42.5 Å². The summed E-state index contributed by atoms with van der Waals surface area (Å²) in [4.78, 5) is 28.8. The number of amides is 2. The molecular formula is C32H32FN3O2. The van der Waals surface area contributed by atoms with Crippen molar-refractivity contribution in [3.05, 3.63) is 114 Å². The van der Waals surface area contributed by atoms with E-state index in [0.29, 0.717) is 31.7 Å². The first-order valence-electron chi connectivity index (χ1n) is 13.1. The molecule has 194 valence electrons. The largest absolute Gasteiger partial charge is 0.352 e. The van der Waals surface area contributed by atoms with Gasteiger partial charge in [0.1, 0.15) is 5.82 Å². The number of carbonyl (C=O) groups is 2. The summed E-state index contributed by atoms with van der Waals surface area (Å²) < 4.78 is 13.3. The van der Waals surface area contributed by atoms with Gasteiger partial charge in [-0.2, -0.15) is 0 Å². The molecule has 0 spiro atoms. The van der Waals surface area contributed by atoms with Crippen molar-refractivity contribution in [1.82, 2.24) is 10.2 Å². The van der Waals surface area contributed by atoms with E-state index in [-0.39, 0.29) is 29.5 Å². The number of carbonyl (C=O) groups excluding carboxylic acids is 2. The highest BCUT2D eigenvalue weighted by molar-refractivity contribution is 5.93. The third-order valence-corrected chi connectivity index (χ3v) is 7.27. The van der Waals surface area contributed by atoms with Crippen LogP contribution in [0.1, 0.15) is 17.5 Å². The Morgan fingerprint density at radius 3 is 2.26 bits per heavy atom. The molecule has 6 heteroatoms. The normalized spacial score (nSPS) is 17.7. The summed E-state index contributed by atoms with van der Waals surface area (Å²) in [5.74, 6) is -1.19. The van der Waals surface area contributed by atoms with E-state index < -0.39 is 0 Å². The quantitative estimate of drug-likeness (QED) is 0.334. The second-order valence-corrected chi connectivity index (χ2v) is 9.98. The lowest BCUT2D eigenvalue weighted by atomic mass is 9.87. The zero-order valence-electron chi connectivity index (χ0n) is 21.3. The molecule has 0 saturated carbocycles. The monoisotopic (exact) mass is 509 g/mol. The number of anilines is 1. The first-order valence-corrected chi connectivity index (χ1v) is 13.1. The molecule has 0 unspecified atom stereocenters. The second-order valence-electron chi connectivity index (χ2n) is 9.98. The smallest absolute Gasteiger partial charge is 0.228 e. The van der Waals surface area contributed by atoms with Crippen LogP contribution in [0.4, 0.5) is 10.1 Å². The summed E-state index contributed by atoms with van der Waals surface area (Å²) in [6.45, 7) is 2.38. The fraction of sp³-hybridized carbons (Fsp3) is 0.250. The van der Waals surface area contributed by atoms with Gasteiger partial charge in [0.25, 0.3) is 0 Å². The molecular weight excluding hydrogens is 477 g/mol. The van der Waals surface area contributed by atoms with Gasteiger partial charge in [-0.25, -0.2) is 4.39 Å². The first kappa shape index (κ1) is 25.6. The number of benzene rings is 4. The fourth-order valence-corrected chi connectivity index (χ4v) is 5.24. The van der Waals surface area contributed by atoms with E-state index >= 15 is 0 Å². The molecule has 1 heterocycles. The molecule has 1 aliphatic heterocycles. The zero-order chi connectivity index (χ0) is 26.3. The van der Waals surface area contributed by atoms with Gasteiger partial charge in [-0.1, -0.05) is 72.8 Å². The topological polar surface area (TPSA) is 61.4 Å². The van der Waals surface area contributed by atoms with E-state index in [4.69, 9.17) is 0 Å². The van der Waals surface area contributed by atoms with Crippen molar-refractivity contribution in [2.75, 3.05) is 25.0 Å². The van der Waals surface area contributed by atoms with Crippen LogP contribution in [0.2, 0.25) is 0 Å². The molecule has 1 fully saturated rings. The van der Waals surface area contributed by atoms with Crippen molar-refractivity contribution in [3.8, 4) is 0 Å². The van der Waals surface area contributed by atoms with Crippen molar-refractivity contribution in [3.63, 3.8) is 0 Å². The Hall–Kier alpha value is -4.03. The van der Waals surface area contributed by atoms with Crippen LogP contribution in [0.25, 0.3) is 10.8 Å². The summed E-state index contributed by atoms with van der Waals surface area (Å²) in [6.07, 6.45) is 1.31. The summed E-state index contributed by atoms with van der Waals surface area (Å²) in [6, 6.07) is 30.2. The number of hydrogen-bond donors (Lipinski definition) is 2. The van der Waals surface area contributed by atoms with Crippen molar-refractivity contribution in [1.29, 1.82) is 0 Å². The van der Waals surface area contributed by atoms with Gasteiger partial charge in [-0.15, -0.1) is 0 Å². The van der Waals surface area contributed by atoms with E-state index in [2.05, 4.69) is 45.9 Å². The van der Waals surface area contributed by atoms with Crippen LogP contribution in [0.5, 0.6) is 0 Å². The van der Waals surface area contributed by atoms with Crippen LogP contribution < -0.4 is 10.6 Å². The Balaban J connectivity index is 1.27. The van der Waals surface area contributed by atoms with Crippen molar-refractivity contribution in [2.24, 2.45) is 11.8 Å². The molecule has 4 aromatic carbocycles. The number of fused-ring (bicyclic) bond motifs is 1. The average molecular weight is 510 g/mol. The van der Waals surface area contributed by atoms with Gasteiger partial charge < -0.3 is 15.5 Å². The number of hydrogen-bond acceptors (Lipinski definition) is 3. The molecule has 38 heavy (non-hydrogen) atoms. The van der Waals surface area contributed by atoms with E-state index in [1.54, 1.807) is 12.1 Å². The summed E-state index contributed by atoms with van der Waals surface area (Å²) in [7, 11) is 0. The van der Waals surface area contributed by atoms with Gasteiger partial charge >= 0.3 is 0 Å². The molecule has 0 aliphatic carbocycles. The summed E-state index contributed by atoms with van der Waals surface area (Å²) in [5.41, 5.74) is 2.84. The van der Waals surface area contributed by atoms with Crippen LogP contribution in [-0.4, -0.2) is 36.3 Å². The van der Waals surface area contributed by atoms with Gasteiger partial charge in [0.15, 0.2) is 0 Å². The third kappa shape index (κ3) is 6.45. The van der Waals surface area contributed by atoms with E-state index in [0.717, 1.165) is 29.3 Å². The van der Waals surface area contributed by atoms with Crippen molar-refractivity contribution >= 4 is 28.3 Å². The molecule has 2 N–H and O–H groups in total. The minimum atomic E-state index is -0.351. The van der Waals surface area contributed by atoms with Gasteiger partial charge in [0.2, 0.25) is 11.8 Å². The van der Waals surface area contributed by atoms with Crippen LogP contribution >= 0.6 is 0 Å². The third-order valence-electron chi connectivity index (χ3n) is 7.27. The highest BCUT2D eigenvalue weighted by atomic mass is 19.1. The number of nitrogens with zero attached hydrogens (tertiary/aromatic N) is 1. The maximum absolute atomic E-state index is 13.4. The molecule has 1 aliphatic rings. The van der Waals surface area contributed by atoms with Crippen LogP contribution in [0.3, 0.4) is 0 Å². The predicted octanol–water partition coefficient (Wildman–Crippen LogP) is 5.41. The Labute approximate surface area is 222 Å². The fourth-order valence-electron chi connectivity index (χ4n) is 5.24. The van der Waals surface area contributed by atoms with Crippen LogP contribution in [0.15, 0.2) is 97.1 Å². The SMILES string of the molecule is O=C(NCc1cccc2ccccc12)[C@H]1C[C@@H](C(=O)Nc2ccc(F)cc2)CN(CCc2ccccc2)C1. The Kier molecular flexibility index (Phi) is 8.09. The average Bonchev–Trinajstić information content (AvgIpc) is 2.96. The minimum absolute atomic E-state index is 0.0399. The van der Waals surface area contributed by atoms with Gasteiger partial charge in [-0.3, -0.25) is 9.59 Å². The van der Waals surface area contributed by atoms with Crippen molar-refractivity contribution < 1.29 is 14.0 Å². The number of piperidine rings is 1. The number of halogens is 1. The van der Waals surface area contributed by atoms with Crippen LogP contribution in [0, 0.1) is 17.7 Å². The van der Waals surface area contributed by atoms with Gasteiger partial charge in [0.05, 0.1) is 11.8 Å². The Bertz CT molecular complexity index is 1390. The second kappa shape index (κ2) is 12.0. The highest BCUT2D eigenvalue weighted by Crippen LogP contribution is 2.25. The minimum Gasteiger partial charge on any atom is -0.352 e. The van der Waals surface area contributed by atoms with E-state index in [1.165, 1.54) is 17.7 Å². The van der Waals surface area contributed by atoms with Crippen molar-refractivity contribution in [2.45, 2.75) is 19.4 Å². The number of rotatable bonds is 8. The zero-order valence-corrected chi connectivity index (χ0v) is 21.3. The standard InChI is InChI=1S/C32H32FN3O2/c33-28-13-15-29(16-14-28)35-32(38)27-19-26(21-36(22-27)18-17-23-7-2-1-3-8-23)31(37)34-20-25-11-6-10-24-9-4-5-12-30(24)25/h1-16,26-27H,17-22H2,(H,34,37)(H,35,38)/t26-,27+/m0/s1. The first-order chi connectivity index (χ1) is 18.5. The summed E-state index contributed by atoms with van der Waals surface area (Å²) >= 11 is 0. The highest BCUT2D eigenvalue weighted by Gasteiger charge is 2.35. The molecule has 4 aromatic rings. The number of nitrogens with one attached hydrogen (secondary N) is 2. The Morgan fingerprint density at radius 2 is 1.47 bits per heavy atom. The maximum Gasteiger partial charge on any atom is 0.228 e. The molecule has 0 radical (unpaired) electrons. The summed E-state index contributed by atoms with van der Waals surface area (Å²) in [5, 5.41) is 8.30. The molecule has 5 nitrogen and oxygen atoms in total. The van der Waals surface area contributed by atoms with Gasteiger partial charge in [-0.05, 0) is 59.0 Å². The Morgan fingerprint density at radius 1 is 0.789 bits per heavy atom. The molecule has 2 amide bonds. The van der Waals surface area contributed by atoms with E-state index in [9.17, 15) is 14.0 Å². The molecule has 5 rings (SSSR count).